The molecule has 32 heavy (non-hydrogen) atoms. The van der Waals surface area contributed by atoms with E-state index in [2.05, 4.69) is 10.0 Å². The Labute approximate surface area is 189 Å². The lowest BCUT2D eigenvalue weighted by molar-refractivity contribution is -0.137. The third kappa shape index (κ3) is 6.44. The molecule has 0 spiro atoms. The first-order chi connectivity index (χ1) is 14.9. The number of nitrogens with zero attached hydrogens (tertiary/aromatic N) is 1. The van der Waals surface area contributed by atoms with E-state index in [4.69, 9.17) is 11.6 Å². The van der Waals surface area contributed by atoms with E-state index in [0.29, 0.717) is 31.5 Å². The molecule has 1 atom stereocenters. The van der Waals surface area contributed by atoms with Gasteiger partial charge in [0.05, 0.1) is 16.8 Å². The predicted octanol–water partition coefficient (Wildman–Crippen LogP) is 4.05. The van der Waals surface area contributed by atoms with Gasteiger partial charge in [-0.05, 0) is 36.6 Å². The molecule has 1 aliphatic rings. The number of carbonyl (C=O) groups is 1. The lowest BCUT2D eigenvalue weighted by Gasteiger charge is -2.37. The molecule has 0 aromatic heterocycles. The number of hydrogen-bond donors (Lipinski definition) is 2. The molecule has 0 saturated carbocycles. The second kappa shape index (κ2) is 9.78. The molecule has 0 radical (unpaired) electrons. The highest BCUT2D eigenvalue weighted by molar-refractivity contribution is 7.88. The van der Waals surface area contributed by atoms with E-state index in [1.54, 1.807) is 30.3 Å². The van der Waals surface area contributed by atoms with Gasteiger partial charge in [0.25, 0.3) is 0 Å². The Morgan fingerprint density at radius 1 is 1.12 bits per heavy atom. The van der Waals surface area contributed by atoms with E-state index in [9.17, 15) is 26.4 Å². The third-order valence-corrected chi connectivity index (χ3v) is 6.27. The number of likely N-dealkylation sites (tertiary alicyclic amines) is 1. The summed E-state index contributed by atoms with van der Waals surface area (Å²) in [6.07, 6.45) is -2.54. The minimum Gasteiger partial charge on any atom is -0.324 e. The fourth-order valence-corrected chi connectivity index (χ4v) is 4.84. The first-order valence-electron chi connectivity index (χ1n) is 9.88. The van der Waals surface area contributed by atoms with Gasteiger partial charge in [-0.2, -0.15) is 13.2 Å². The minimum absolute atomic E-state index is 0.0127. The van der Waals surface area contributed by atoms with Crippen molar-refractivity contribution in [3.05, 3.63) is 64.7 Å². The Kier molecular flexibility index (Phi) is 7.49. The fraction of sp³-hybridized carbons (Fsp3) is 0.381. The van der Waals surface area contributed by atoms with Crippen molar-refractivity contribution < 1.29 is 26.4 Å². The van der Waals surface area contributed by atoms with E-state index >= 15 is 0 Å². The first-order valence-corrected chi connectivity index (χ1v) is 12.1. The van der Waals surface area contributed by atoms with Crippen LogP contribution in [0, 0.1) is 0 Å². The van der Waals surface area contributed by atoms with Crippen molar-refractivity contribution in [3.63, 3.8) is 0 Å². The SMILES string of the molecule is CS(=O)(=O)NC1CCN([C@H](C(=O)Nc2ccc(Cl)c(C(F)(F)F)c2)c2ccccc2)CC1. The maximum atomic E-state index is 13.2. The van der Waals surface area contributed by atoms with Crippen LogP contribution in [0.3, 0.4) is 0 Å². The van der Waals surface area contributed by atoms with Gasteiger partial charge in [0.15, 0.2) is 0 Å². The molecule has 1 fully saturated rings. The summed E-state index contributed by atoms with van der Waals surface area (Å²) in [5.74, 6) is -0.485. The van der Waals surface area contributed by atoms with Gasteiger partial charge in [0.1, 0.15) is 6.04 Å². The van der Waals surface area contributed by atoms with Gasteiger partial charge in [0, 0.05) is 24.8 Å². The van der Waals surface area contributed by atoms with Crippen molar-refractivity contribution in [2.75, 3.05) is 24.7 Å². The second-order valence-electron chi connectivity index (χ2n) is 7.70. The van der Waals surface area contributed by atoms with E-state index < -0.39 is 38.7 Å². The van der Waals surface area contributed by atoms with E-state index in [0.717, 1.165) is 18.4 Å². The molecular formula is C21H23ClF3N3O3S. The quantitative estimate of drug-likeness (QED) is 0.641. The van der Waals surface area contributed by atoms with Crippen LogP contribution in [0.1, 0.15) is 30.0 Å². The van der Waals surface area contributed by atoms with Crippen LogP contribution in [-0.4, -0.2) is 44.6 Å². The molecule has 6 nitrogen and oxygen atoms in total. The van der Waals surface area contributed by atoms with Crippen LogP contribution in [0.2, 0.25) is 5.02 Å². The van der Waals surface area contributed by atoms with Gasteiger partial charge in [-0.1, -0.05) is 41.9 Å². The lowest BCUT2D eigenvalue weighted by Crippen LogP contribution is -2.47. The molecule has 2 N–H and O–H groups in total. The van der Waals surface area contributed by atoms with Crippen molar-refractivity contribution in [2.45, 2.75) is 31.1 Å². The summed E-state index contributed by atoms with van der Waals surface area (Å²) in [6, 6.07) is 11.1. The molecule has 2 aromatic carbocycles. The topological polar surface area (TPSA) is 78.5 Å². The molecule has 174 valence electrons. The van der Waals surface area contributed by atoms with Gasteiger partial charge in [-0.25, -0.2) is 13.1 Å². The second-order valence-corrected chi connectivity index (χ2v) is 9.88. The molecule has 1 saturated heterocycles. The van der Waals surface area contributed by atoms with Crippen LogP contribution in [0.4, 0.5) is 18.9 Å². The van der Waals surface area contributed by atoms with Crippen molar-refractivity contribution in [2.24, 2.45) is 0 Å². The summed E-state index contributed by atoms with van der Waals surface area (Å²) in [5, 5.41) is 2.13. The maximum Gasteiger partial charge on any atom is 0.417 e. The van der Waals surface area contributed by atoms with Crippen LogP contribution in [0.15, 0.2) is 48.5 Å². The summed E-state index contributed by atoms with van der Waals surface area (Å²) < 4.78 is 65.1. The molecule has 0 bridgehead atoms. The highest BCUT2D eigenvalue weighted by Crippen LogP contribution is 2.36. The fourth-order valence-electron chi connectivity index (χ4n) is 3.77. The number of rotatable bonds is 6. The number of hydrogen-bond acceptors (Lipinski definition) is 4. The average molecular weight is 490 g/mol. The zero-order valence-corrected chi connectivity index (χ0v) is 18.8. The van der Waals surface area contributed by atoms with Crippen molar-refractivity contribution in [1.29, 1.82) is 0 Å². The Bertz CT molecular complexity index is 1060. The van der Waals surface area contributed by atoms with Crippen LogP contribution in [0.5, 0.6) is 0 Å². The predicted molar refractivity (Wildman–Crippen MR) is 117 cm³/mol. The molecule has 2 aromatic rings. The highest BCUT2D eigenvalue weighted by atomic mass is 35.5. The van der Waals surface area contributed by atoms with Crippen molar-refractivity contribution in [3.8, 4) is 0 Å². The highest BCUT2D eigenvalue weighted by Gasteiger charge is 2.35. The number of amides is 1. The zero-order valence-electron chi connectivity index (χ0n) is 17.2. The number of nitrogens with one attached hydrogen (secondary N) is 2. The summed E-state index contributed by atoms with van der Waals surface area (Å²) >= 11 is 5.67. The Balaban J connectivity index is 1.81. The standard InChI is InChI=1S/C21H23ClF3N3O3S/c1-32(30,31)27-15-9-11-28(12-10-15)19(14-5-3-2-4-6-14)20(29)26-16-7-8-18(22)17(13-16)21(23,24)25/h2-8,13,15,19,27H,9-12H2,1H3,(H,26,29)/t19-/m0/s1. The Morgan fingerprint density at radius 2 is 1.75 bits per heavy atom. The van der Waals surface area contributed by atoms with Gasteiger partial charge in [-0.3, -0.25) is 9.69 Å². The molecule has 3 rings (SSSR count). The van der Waals surface area contributed by atoms with Gasteiger partial charge in [0.2, 0.25) is 15.9 Å². The minimum atomic E-state index is -4.65. The van der Waals surface area contributed by atoms with Crippen molar-refractivity contribution in [1.82, 2.24) is 9.62 Å². The zero-order chi connectivity index (χ0) is 23.5. The number of carbonyl (C=O) groups excluding carboxylic acids is 1. The monoisotopic (exact) mass is 489 g/mol. The van der Waals surface area contributed by atoms with Crippen LogP contribution in [0.25, 0.3) is 0 Å². The molecular weight excluding hydrogens is 467 g/mol. The van der Waals surface area contributed by atoms with Gasteiger partial charge >= 0.3 is 6.18 Å². The number of halogens is 4. The molecule has 1 amide bonds. The number of benzene rings is 2. The van der Waals surface area contributed by atoms with Crippen LogP contribution in [-0.2, 0) is 21.0 Å². The van der Waals surface area contributed by atoms with Crippen LogP contribution >= 0.6 is 11.6 Å². The maximum absolute atomic E-state index is 13.2. The number of sulfonamides is 1. The largest absolute Gasteiger partial charge is 0.417 e. The van der Waals surface area contributed by atoms with Crippen LogP contribution < -0.4 is 10.0 Å². The van der Waals surface area contributed by atoms with Gasteiger partial charge in [-0.15, -0.1) is 0 Å². The normalized spacial score (nSPS) is 17.2. The summed E-state index contributed by atoms with van der Waals surface area (Å²) in [5.41, 5.74) is -0.355. The smallest absolute Gasteiger partial charge is 0.324 e. The number of alkyl halides is 3. The van der Waals surface area contributed by atoms with Crippen molar-refractivity contribution >= 4 is 33.2 Å². The Hall–Kier alpha value is -2.14. The van der Waals surface area contributed by atoms with E-state index in [1.807, 2.05) is 4.90 Å². The first kappa shape index (κ1) is 24.5. The summed E-state index contributed by atoms with van der Waals surface area (Å²) in [7, 11) is -3.34. The Morgan fingerprint density at radius 3 is 2.31 bits per heavy atom. The summed E-state index contributed by atoms with van der Waals surface area (Å²) in [4.78, 5) is 15.1. The third-order valence-electron chi connectivity index (χ3n) is 5.18. The average Bonchev–Trinajstić information content (AvgIpc) is 2.70. The molecule has 0 unspecified atom stereocenters. The summed E-state index contributed by atoms with van der Waals surface area (Å²) in [6.45, 7) is 0.878. The molecule has 11 heteroatoms. The number of piperidine rings is 1. The molecule has 1 aliphatic heterocycles. The molecule has 0 aliphatic carbocycles. The van der Waals surface area contributed by atoms with Gasteiger partial charge < -0.3 is 5.32 Å². The molecule has 1 heterocycles. The lowest BCUT2D eigenvalue weighted by atomic mass is 9.99. The number of anilines is 1. The van der Waals surface area contributed by atoms with E-state index in [1.165, 1.54) is 6.07 Å². The van der Waals surface area contributed by atoms with E-state index in [-0.39, 0.29) is 11.7 Å².